The van der Waals surface area contributed by atoms with Gasteiger partial charge < -0.3 is 14.5 Å². The quantitative estimate of drug-likeness (QED) is 0.773. The number of hydrogen-bond donors (Lipinski definition) is 1. The van der Waals surface area contributed by atoms with Crippen molar-refractivity contribution in [3.63, 3.8) is 0 Å². The summed E-state index contributed by atoms with van der Waals surface area (Å²) in [5.41, 5.74) is 5.13. The van der Waals surface area contributed by atoms with Crippen LogP contribution in [0.5, 0.6) is 11.5 Å². The van der Waals surface area contributed by atoms with Crippen LogP contribution in [0.3, 0.4) is 0 Å². The van der Waals surface area contributed by atoms with Gasteiger partial charge in [0.05, 0.1) is 30.3 Å². The van der Waals surface area contributed by atoms with E-state index < -0.39 is 0 Å². The van der Waals surface area contributed by atoms with Gasteiger partial charge in [0, 0.05) is 5.56 Å². The number of H-pyrrole nitrogens is 1. The van der Waals surface area contributed by atoms with Gasteiger partial charge in [0.15, 0.2) is 11.5 Å². The molecule has 2 aromatic carbocycles. The number of nitrogens with one attached hydrogen (secondary N) is 1. The number of aromatic amines is 1. The van der Waals surface area contributed by atoms with E-state index in [1.54, 1.807) is 14.2 Å². The van der Waals surface area contributed by atoms with Crippen LogP contribution in [-0.4, -0.2) is 24.2 Å². The lowest BCUT2D eigenvalue weighted by atomic mass is 10.1. The van der Waals surface area contributed by atoms with Crippen molar-refractivity contribution in [3.05, 3.63) is 40.4 Å². The fourth-order valence-corrected chi connectivity index (χ4v) is 2.79. The van der Waals surface area contributed by atoms with E-state index in [1.165, 1.54) is 11.1 Å². The molecule has 22 heavy (non-hydrogen) atoms. The highest BCUT2D eigenvalue weighted by Crippen LogP contribution is 2.41. The third kappa shape index (κ3) is 2.29. The van der Waals surface area contributed by atoms with E-state index in [0.717, 1.165) is 16.6 Å². The molecule has 1 heterocycles. The second-order valence-corrected chi connectivity index (χ2v) is 5.58. The molecule has 0 saturated heterocycles. The van der Waals surface area contributed by atoms with E-state index in [4.69, 9.17) is 21.1 Å². The van der Waals surface area contributed by atoms with Crippen LogP contribution < -0.4 is 9.47 Å². The summed E-state index contributed by atoms with van der Waals surface area (Å²) >= 11 is 6.45. The first-order chi connectivity index (χ1) is 10.5. The largest absolute Gasteiger partial charge is 0.493 e. The second-order valence-electron chi connectivity index (χ2n) is 5.20. The maximum Gasteiger partial charge on any atom is 0.180 e. The first-order valence-corrected chi connectivity index (χ1v) is 7.30. The average Bonchev–Trinajstić information content (AvgIpc) is 2.89. The zero-order valence-corrected chi connectivity index (χ0v) is 13.7. The first kappa shape index (κ1) is 14.7. The molecule has 0 amide bonds. The summed E-state index contributed by atoms with van der Waals surface area (Å²) < 4.78 is 10.6. The van der Waals surface area contributed by atoms with E-state index in [9.17, 15) is 0 Å². The predicted octanol–water partition coefficient (Wildman–Crippen LogP) is 4.52. The molecule has 3 rings (SSSR count). The Bertz CT molecular complexity index is 816. The fraction of sp³-hybridized carbons (Fsp3) is 0.235. The van der Waals surface area contributed by atoms with Gasteiger partial charge >= 0.3 is 0 Å². The van der Waals surface area contributed by atoms with Crippen molar-refractivity contribution in [2.45, 2.75) is 13.8 Å². The molecule has 0 aliphatic rings. The molecule has 5 heteroatoms. The predicted molar refractivity (Wildman–Crippen MR) is 89.1 cm³/mol. The maximum absolute atomic E-state index is 6.45. The van der Waals surface area contributed by atoms with Gasteiger partial charge in [-0.15, -0.1) is 0 Å². The number of imidazole rings is 1. The van der Waals surface area contributed by atoms with E-state index in [-0.39, 0.29) is 0 Å². The molecule has 4 nitrogen and oxygen atoms in total. The van der Waals surface area contributed by atoms with Crippen LogP contribution in [0.2, 0.25) is 5.02 Å². The van der Waals surface area contributed by atoms with Gasteiger partial charge in [-0.3, -0.25) is 0 Å². The number of halogens is 1. The van der Waals surface area contributed by atoms with Gasteiger partial charge in [-0.25, -0.2) is 4.98 Å². The van der Waals surface area contributed by atoms with Crippen LogP contribution in [-0.2, 0) is 0 Å². The lowest BCUT2D eigenvalue weighted by Gasteiger charge is -2.11. The molecule has 114 valence electrons. The third-order valence-electron chi connectivity index (χ3n) is 3.84. The summed E-state index contributed by atoms with van der Waals surface area (Å²) in [4.78, 5) is 7.96. The lowest BCUT2D eigenvalue weighted by molar-refractivity contribution is 0.355. The van der Waals surface area contributed by atoms with Crippen molar-refractivity contribution < 1.29 is 9.47 Å². The summed E-state index contributed by atoms with van der Waals surface area (Å²) in [5, 5.41) is 0.481. The topological polar surface area (TPSA) is 47.1 Å². The molecule has 0 unspecified atom stereocenters. The van der Waals surface area contributed by atoms with E-state index in [2.05, 4.69) is 35.9 Å². The average molecular weight is 317 g/mol. The van der Waals surface area contributed by atoms with Crippen LogP contribution in [0.15, 0.2) is 24.3 Å². The number of rotatable bonds is 3. The zero-order chi connectivity index (χ0) is 15.9. The number of aryl methyl sites for hydroxylation is 2. The smallest absolute Gasteiger partial charge is 0.180 e. The fourth-order valence-electron chi connectivity index (χ4n) is 2.47. The molecular weight excluding hydrogens is 300 g/mol. The SMILES string of the molecule is COc1ccc(-c2nc3cc(C)c(C)cc3[nH]2)c(Cl)c1OC. The van der Waals surface area contributed by atoms with Crippen LogP contribution in [0.1, 0.15) is 11.1 Å². The molecule has 1 N–H and O–H groups in total. The Morgan fingerprint density at radius 1 is 1.05 bits per heavy atom. The molecule has 0 aliphatic heterocycles. The molecule has 0 aliphatic carbocycles. The number of fused-ring (bicyclic) bond motifs is 1. The van der Waals surface area contributed by atoms with E-state index in [1.807, 2.05) is 12.1 Å². The van der Waals surface area contributed by atoms with Crippen LogP contribution in [0.4, 0.5) is 0 Å². The van der Waals surface area contributed by atoms with Crippen molar-refractivity contribution in [2.75, 3.05) is 14.2 Å². The van der Waals surface area contributed by atoms with Crippen LogP contribution in [0, 0.1) is 13.8 Å². The normalized spacial score (nSPS) is 11.0. The second kappa shape index (κ2) is 5.54. The third-order valence-corrected chi connectivity index (χ3v) is 4.21. The summed E-state index contributed by atoms with van der Waals surface area (Å²) in [5.74, 6) is 1.82. The Morgan fingerprint density at radius 3 is 2.45 bits per heavy atom. The number of ether oxygens (including phenoxy) is 2. The van der Waals surface area contributed by atoms with Crippen molar-refractivity contribution in [3.8, 4) is 22.9 Å². The van der Waals surface area contributed by atoms with Gasteiger partial charge in [0.1, 0.15) is 5.82 Å². The molecule has 0 radical (unpaired) electrons. The Balaban J connectivity index is 2.19. The minimum absolute atomic E-state index is 0.481. The standard InChI is InChI=1S/C17H17ClN2O2/c1-9-7-12-13(8-10(9)2)20-17(19-12)11-5-6-14(21-3)16(22-4)15(11)18/h5-8H,1-4H3,(H,19,20). The Labute approximate surface area is 134 Å². The molecule has 1 aromatic heterocycles. The van der Waals surface area contributed by atoms with Crippen molar-refractivity contribution in [1.82, 2.24) is 9.97 Å². The first-order valence-electron chi connectivity index (χ1n) is 6.93. The summed E-state index contributed by atoms with van der Waals surface area (Å²) in [6.45, 7) is 4.16. The summed E-state index contributed by atoms with van der Waals surface area (Å²) in [6, 6.07) is 7.86. The highest BCUT2D eigenvalue weighted by Gasteiger charge is 2.17. The minimum atomic E-state index is 0.481. The highest BCUT2D eigenvalue weighted by molar-refractivity contribution is 6.35. The van der Waals surface area contributed by atoms with Gasteiger partial charge in [-0.2, -0.15) is 0 Å². The number of methoxy groups -OCH3 is 2. The van der Waals surface area contributed by atoms with Gasteiger partial charge in [-0.1, -0.05) is 11.6 Å². The molecular formula is C17H17ClN2O2. The molecule has 0 atom stereocenters. The monoisotopic (exact) mass is 316 g/mol. The number of nitrogens with zero attached hydrogens (tertiary/aromatic N) is 1. The molecule has 0 spiro atoms. The van der Waals surface area contributed by atoms with Crippen molar-refractivity contribution in [2.24, 2.45) is 0 Å². The van der Waals surface area contributed by atoms with Crippen molar-refractivity contribution >= 4 is 22.6 Å². The molecule has 0 fully saturated rings. The van der Waals surface area contributed by atoms with E-state index in [0.29, 0.717) is 22.3 Å². The van der Waals surface area contributed by atoms with Gasteiger partial charge in [0.25, 0.3) is 0 Å². The maximum atomic E-state index is 6.45. The Morgan fingerprint density at radius 2 is 1.77 bits per heavy atom. The number of aromatic nitrogens is 2. The highest BCUT2D eigenvalue weighted by atomic mass is 35.5. The number of hydrogen-bond acceptors (Lipinski definition) is 3. The summed E-state index contributed by atoms with van der Waals surface area (Å²) in [6.07, 6.45) is 0. The lowest BCUT2D eigenvalue weighted by Crippen LogP contribution is -1.93. The molecule has 0 saturated carbocycles. The Hall–Kier alpha value is -2.20. The summed E-state index contributed by atoms with van der Waals surface area (Å²) in [7, 11) is 3.15. The Kier molecular flexibility index (Phi) is 3.71. The van der Waals surface area contributed by atoms with Crippen LogP contribution >= 0.6 is 11.6 Å². The molecule has 0 bridgehead atoms. The zero-order valence-electron chi connectivity index (χ0n) is 13.0. The van der Waals surface area contributed by atoms with Crippen LogP contribution in [0.25, 0.3) is 22.4 Å². The van der Waals surface area contributed by atoms with E-state index >= 15 is 0 Å². The number of benzene rings is 2. The molecule has 3 aromatic rings. The van der Waals surface area contributed by atoms with Crippen molar-refractivity contribution in [1.29, 1.82) is 0 Å². The van der Waals surface area contributed by atoms with Gasteiger partial charge in [-0.05, 0) is 49.2 Å². The van der Waals surface area contributed by atoms with Gasteiger partial charge in [0.2, 0.25) is 0 Å². The minimum Gasteiger partial charge on any atom is -0.493 e.